The van der Waals surface area contributed by atoms with Crippen molar-refractivity contribution in [2.45, 2.75) is 69.5 Å². The molecule has 1 fully saturated rings. The minimum absolute atomic E-state index is 0.00747. The Labute approximate surface area is 319 Å². The highest BCUT2D eigenvalue weighted by molar-refractivity contribution is 5.96. The Morgan fingerprint density at radius 3 is 2.64 bits per heavy atom. The second kappa shape index (κ2) is 15.3. The minimum Gasteiger partial charge on any atom is -0.504 e. The Morgan fingerprint density at radius 2 is 1.80 bits per heavy atom. The van der Waals surface area contributed by atoms with E-state index in [4.69, 9.17) is 14.2 Å². The van der Waals surface area contributed by atoms with Gasteiger partial charge in [0.25, 0.3) is 0 Å². The maximum atomic E-state index is 14.4. The molecule has 1 aliphatic heterocycles. The van der Waals surface area contributed by atoms with Crippen LogP contribution in [0, 0.1) is 29.6 Å². The third-order valence-electron chi connectivity index (χ3n) is 11.8. The topological polar surface area (TPSA) is 159 Å². The molecule has 0 unspecified atom stereocenters. The van der Waals surface area contributed by atoms with Gasteiger partial charge in [-0.3, -0.25) is 9.59 Å². The number of allylic oxidation sites excluding steroid dienone is 3. The Kier molecular flexibility index (Phi) is 10.2. The number of aromatic nitrogens is 1. The summed E-state index contributed by atoms with van der Waals surface area (Å²) in [5, 5.41) is 43.4. The first-order chi connectivity index (χ1) is 26.7. The Balaban J connectivity index is 1.25. The summed E-state index contributed by atoms with van der Waals surface area (Å²) in [7, 11) is 1.52. The van der Waals surface area contributed by atoms with Gasteiger partial charge >= 0.3 is 5.97 Å². The summed E-state index contributed by atoms with van der Waals surface area (Å²) in [5.41, 5.74) is 7.33. The molecule has 0 saturated heterocycles. The number of fused-ring (bicyclic) bond motifs is 6. The highest BCUT2D eigenvalue weighted by Crippen LogP contribution is 2.57. The Morgan fingerprint density at radius 1 is 0.964 bits per heavy atom. The standard InChI is InChI=1S/C45H45NO9/c1-53-40-24-34-33-21-27(48)22-42(38(50)19-26-12-15-37(49)41(20-26)54-17-16-47)55-43(52)9-5-3-7-31-29-6-2-4-8-36(29)46-45(31)44(35(34)23-39(40)51)30-14-11-25-10-13-28(33)32(30)18-25/h2,4,6,8,11-12,14-15,20,23-25,28,32-33,38,42,46-47,49-51H,7,9-10,13,16-19,21-22H2,1H3/t25-,28-,32+,33+,38-,42+/m1/s1. The van der Waals surface area contributed by atoms with Gasteiger partial charge in [0, 0.05) is 42.2 Å². The molecule has 1 aromatic heterocycles. The van der Waals surface area contributed by atoms with Crippen molar-refractivity contribution in [1.29, 1.82) is 0 Å². The molecule has 4 bridgehead atoms. The summed E-state index contributed by atoms with van der Waals surface area (Å²) < 4.78 is 17.0. The van der Waals surface area contributed by atoms with E-state index in [0.717, 1.165) is 58.1 Å². The van der Waals surface area contributed by atoms with Crippen molar-refractivity contribution >= 4 is 28.2 Å². The number of para-hydroxylation sites is 1. The van der Waals surface area contributed by atoms with Gasteiger partial charge in [0.2, 0.25) is 0 Å². The van der Waals surface area contributed by atoms with Crippen molar-refractivity contribution in [1.82, 2.24) is 4.98 Å². The van der Waals surface area contributed by atoms with Crippen molar-refractivity contribution in [2.75, 3.05) is 20.3 Å². The number of aromatic hydroxyl groups is 2. The maximum Gasteiger partial charge on any atom is 0.318 e. The van der Waals surface area contributed by atoms with E-state index in [9.17, 15) is 30.0 Å². The zero-order chi connectivity index (χ0) is 38.2. The molecule has 284 valence electrons. The summed E-state index contributed by atoms with van der Waals surface area (Å²) in [6.45, 7) is -0.265. The lowest BCUT2D eigenvalue weighted by molar-refractivity contribution is -0.155. The number of aliphatic hydroxyl groups is 2. The number of nitrogens with one attached hydrogen (secondary N) is 1. The van der Waals surface area contributed by atoms with Crippen LogP contribution in [0.15, 0.2) is 72.3 Å². The van der Waals surface area contributed by atoms with Crippen LogP contribution in [0.5, 0.6) is 23.0 Å². The molecule has 10 nitrogen and oxygen atoms in total. The van der Waals surface area contributed by atoms with Crippen LogP contribution >= 0.6 is 0 Å². The molecule has 8 rings (SSSR count). The van der Waals surface area contributed by atoms with Crippen LogP contribution in [0.25, 0.3) is 16.5 Å². The fourth-order valence-electron chi connectivity index (χ4n) is 9.30. The van der Waals surface area contributed by atoms with Crippen molar-refractivity contribution in [2.24, 2.45) is 17.8 Å². The fraction of sp³-hybridized carbons (Fsp3) is 0.378. The van der Waals surface area contributed by atoms with E-state index in [2.05, 4.69) is 35.0 Å². The first-order valence-electron chi connectivity index (χ1n) is 19.1. The molecule has 4 aromatic rings. The smallest absolute Gasteiger partial charge is 0.318 e. The zero-order valence-corrected chi connectivity index (χ0v) is 30.7. The third-order valence-corrected chi connectivity index (χ3v) is 11.8. The van der Waals surface area contributed by atoms with Gasteiger partial charge in [-0.25, -0.2) is 0 Å². The Bertz CT molecular complexity index is 2270. The number of esters is 1. The molecule has 3 aliphatic carbocycles. The fourth-order valence-corrected chi connectivity index (χ4v) is 9.30. The number of phenolic OH excluding ortho intramolecular Hbond substituents is 2. The second-order valence-electron chi connectivity index (χ2n) is 15.1. The maximum absolute atomic E-state index is 14.4. The number of aliphatic hydroxyl groups excluding tert-OH is 2. The second-order valence-corrected chi connectivity index (χ2v) is 15.1. The summed E-state index contributed by atoms with van der Waals surface area (Å²) in [6, 6.07) is 16.3. The predicted octanol–water partition coefficient (Wildman–Crippen LogP) is 6.27. The van der Waals surface area contributed by atoms with E-state index in [1.165, 1.54) is 18.7 Å². The number of methoxy groups -OCH3 is 1. The summed E-state index contributed by atoms with van der Waals surface area (Å²) in [4.78, 5) is 31.5. The van der Waals surface area contributed by atoms with Gasteiger partial charge in [0.1, 0.15) is 24.9 Å². The summed E-state index contributed by atoms with van der Waals surface area (Å²) in [6.07, 6.45) is 5.04. The van der Waals surface area contributed by atoms with Crippen LogP contribution in [0.2, 0.25) is 0 Å². The lowest BCUT2D eigenvalue weighted by Gasteiger charge is -2.42. The van der Waals surface area contributed by atoms with Crippen molar-refractivity contribution in [3.63, 3.8) is 0 Å². The largest absolute Gasteiger partial charge is 0.504 e. The van der Waals surface area contributed by atoms with Crippen LogP contribution in [-0.2, 0) is 27.2 Å². The molecule has 0 amide bonds. The van der Waals surface area contributed by atoms with Crippen LogP contribution < -0.4 is 9.47 Å². The molecule has 10 heteroatoms. The number of hydrogen-bond acceptors (Lipinski definition) is 9. The van der Waals surface area contributed by atoms with Crippen LogP contribution in [0.4, 0.5) is 0 Å². The number of phenols is 2. The van der Waals surface area contributed by atoms with Crippen LogP contribution in [-0.4, -0.2) is 69.7 Å². The monoisotopic (exact) mass is 743 g/mol. The number of Topliss-reactive ketones (excluding diaryl/α,β-unsaturated/α-hetero) is 1. The number of rotatable bonds is 7. The number of benzene rings is 3. The van der Waals surface area contributed by atoms with Crippen LogP contribution in [0.1, 0.15) is 72.4 Å². The quantitative estimate of drug-likeness (QED) is 0.109. The lowest BCUT2D eigenvalue weighted by Crippen LogP contribution is -2.36. The molecular formula is C45H45NO9. The molecule has 4 aliphatic rings. The number of aromatic amines is 1. The minimum atomic E-state index is -1.26. The first kappa shape index (κ1) is 36.5. The van der Waals surface area contributed by atoms with Gasteiger partial charge in [-0.2, -0.15) is 0 Å². The van der Waals surface area contributed by atoms with Gasteiger partial charge < -0.3 is 39.6 Å². The average Bonchev–Trinajstić information content (AvgIpc) is 3.48. The normalized spacial score (nSPS) is 23.9. The third kappa shape index (κ3) is 7.10. The van der Waals surface area contributed by atoms with E-state index in [-0.39, 0.29) is 79.7 Å². The number of cyclic esters (lactones) is 1. The molecule has 1 saturated carbocycles. The van der Waals surface area contributed by atoms with Gasteiger partial charge in [-0.05, 0) is 101 Å². The molecule has 6 atom stereocenters. The van der Waals surface area contributed by atoms with Crippen molar-refractivity contribution in [3.05, 3.63) is 100 Å². The summed E-state index contributed by atoms with van der Waals surface area (Å²) in [5.74, 6) is 6.19. The zero-order valence-electron chi connectivity index (χ0n) is 30.7. The molecule has 5 N–H and O–H groups in total. The molecule has 0 radical (unpaired) electrons. The number of hydrogen-bond donors (Lipinski definition) is 5. The number of H-pyrrole nitrogens is 1. The van der Waals surface area contributed by atoms with Gasteiger partial charge in [0.15, 0.2) is 23.0 Å². The van der Waals surface area contributed by atoms with Crippen molar-refractivity contribution in [3.8, 4) is 34.8 Å². The summed E-state index contributed by atoms with van der Waals surface area (Å²) >= 11 is 0. The van der Waals surface area contributed by atoms with Gasteiger partial charge in [-0.15, -0.1) is 0 Å². The van der Waals surface area contributed by atoms with Gasteiger partial charge in [0.05, 0.1) is 25.5 Å². The van der Waals surface area contributed by atoms with E-state index >= 15 is 0 Å². The van der Waals surface area contributed by atoms with Crippen LogP contribution in [0.3, 0.4) is 0 Å². The molecular weight excluding hydrogens is 698 g/mol. The van der Waals surface area contributed by atoms with E-state index < -0.39 is 18.2 Å². The highest BCUT2D eigenvalue weighted by atomic mass is 16.6. The number of carbonyl (C=O) groups excluding carboxylic acids is 2. The highest BCUT2D eigenvalue weighted by Gasteiger charge is 2.45. The first-order valence-corrected chi connectivity index (χ1v) is 19.1. The predicted molar refractivity (Wildman–Crippen MR) is 206 cm³/mol. The number of carbonyl (C=O) groups is 2. The molecule has 55 heavy (non-hydrogen) atoms. The molecule has 3 aromatic carbocycles. The molecule has 0 spiro atoms. The van der Waals surface area contributed by atoms with Gasteiger partial charge in [-0.1, -0.05) is 48.3 Å². The van der Waals surface area contributed by atoms with E-state index in [1.54, 1.807) is 18.2 Å². The van der Waals surface area contributed by atoms with E-state index in [0.29, 0.717) is 23.7 Å². The Hall–Kier alpha value is -5.50. The van der Waals surface area contributed by atoms with E-state index in [1.807, 2.05) is 24.3 Å². The average molecular weight is 744 g/mol. The SMILES string of the molecule is COc1cc2c(cc1O)C1=C3C=C[C@H]4CC[C@H]([C@@H]3C4)[C@@H]2CC(=O)C[C@@H]([C@H](O)Cc2ccc(O)c(OCCO)c2)OC(=O)CC#CCc2c1[nH]c1ccccc21. The molecule has 2 heterocycles. The number of ketones is 1. The number of ether oxygens (including phenoxy) is 3. The van der Waals surface area contributed by atoms with Crippen molar-refractivity contribution < 1.29 is 44.2 Å². The lowest BCUT2D eigenvalue weighted by atomic mass is 9.62.